The van der Waals surface area contributed by atoms with Crippen molar-refractivity contribution in [3.8, 4) is 11.3 Å². The van der Waals surface area contributed by atoms with Gasteiger partial charge in [0.15, 0.2) is 17.0 Å². The first-order valence-corrected chi connectivity index (χ1v) is 9.57. The molecule has 2 heterocycles. The molecule has 0 aliphatic carbocycles. The highest BCUT2D eigenvalue weighted by Gasteiger charge is 2.35. The van der Waals surface area contributed by atoms with E-state index in [2.05, 4.69) is 23.9 Å². The van der Waals surface area contributed by atoms with E-state index in [0.717, 1.165) is 23.4 Å². The maximum absolute atomic E-state index is 13.3. The molecular formula is C23H21F3N4O2. The van der Waals surface area contributed by atoms with Gasteiger partial charge in [0.1, 0.15) is 0 Å². The number of nitrogens with zero attached hydrogens (tertiary/aromatic N) is 3. The van der Waals surface area contributed by atoms with Gasteiger partial charge in [0.2, 0.25) is 0 Å². The number of hydrogen-bond acceptors (Lipinski definition) is 4. The molecule has 4 aromatic rings. The van der Waals surface area contributed by atoms with Crippen LogP contribution >= 0.6 is 0 Å². The molecule has 6 nitrogen and oxygen atoms in total. The quantitative estimate of drug-likeness (QED) is 0.411. The van der Waals surface area contributed by atoms with Crippen molar-refractivity contribution >= 4 is 17.3 Å². The number of anilines is 1. The minimum Gasteiger partial charge on any atom is -0.476 e. The minimum absolute atomic E-state index is 0.0988. The summed E-state index contributed by atoms with van der Waals surface area (Å²) in [6, 6.07) is 14.6. The smallest absolute Gasteiger partial charge is 0.433 e. The summed E-state index contributed by atoms with van der Waals surface area (Å²) in [6.45, 7) is 6.00. The molecule has 0 saturated carbocycles. The lowest BCUT2D eigenvalue weighted by molar-refractivity contribution is -0.142. The van der Waals surface area contributed by atoms with E-state index in [9.17, 15) is 18.0 Å². The van der Waals surface area contributed by atoms with Crippen LogP contribution in [0.3, 0.4) is 0 Å². The van der Waals surface area contributed by atoms with Crippen LogP contribution in [0.15, 0.2) is 54.6 Å². The summed E-state index contributed by atoms with van der Waals surface area (Å²) in [7, 11) is 0. The maximum Gasteiger partial charge on any atom is 0.433 e. The molecule has 0 amide bonds. The fraction of sp³-hybridized carbons (Fsp3) is 0.174. The highest BCUT2D eigenvalue weighted by molar-refractivity contribution is 5.86. The van der Waals surface area contributed by atoms with E-state index in [1.807, 2.05) is 25.1 Å². The Labute approximate surface area is 182 Å². The van der Waals surface area contributed by atoms with Gasteiger partial charge in [0.05, 0.1) is 5.69 Å². The lowest BCUT2D eigenvalue weighted by atomic mass is 10.1. The Morgan fingerprint density at radius 1 is 0.969 bits per heavy atom. The summed E-state index contributed by atoms with van der Waals surface area (Å²) in [5, 5.41) is 12.4. The summed E-state index contributed by atoms with van der Waals surface area (Å²) >= 11 is 0. The summed E-state index contributed by atoms with van der Waals surface area (Å²) in [5.41, 5.74) is 8.74. The number of aromatic carboxylic acids is 1. The van der Waals surface area contributed by atoms with Gasteiger partial charge in [0.25, 0.3) is 0 Å². The molecule has 2 aromatic carbocycles. The summed E-state index contributed by atoms with van der Waals surface area (Å²) in [6.07, 6.45) is -4.69. The molecule has 166 valence electrons. The SMILES string of the molecule is Cc1ccc(-c2cc(C(F)(F)F)n3nc(C(=O)O)cc3n2)cc1.Cc1ccc(N)cc1C. The van der Waals surface area contributed by atoms with E-state index in [1.54, 1.807) is 24.3 Å². The van der Waals surface area contributed by atoms with E-state index < -0.39 is 23.5 Å². The van der Waals surface area contributed by atoms with Crippen molar-refractivity contribution in [2.45, 2.75) is 26.9 Å². The fourth-order valence-corrected chi connectivity index (χ4v) is 2.92. The summed E-state index contributed by atoms with van der Waals surface area (Å²) < 4.78 is 40.3. The first kappa shape index (κ1) is 22.8. The second kappa shape index (κ2) is 8.70. The molecule has 32 heavy (non-hydrogen) atoms. The van der Waals surface area contributed by atoms with Crippen LogP contribution < -0.4 is 5.73 Å². The number of carbonyl (C=O) groups is 1. The number of halogens is 3. The van der Waals surface area contributed by atoms with E-state index >= 15 is 0 Å². The first-order valence-electron chi connectivity index (χ1n) is 9.57. The number of hydrogen-bond donors (Lipinski definition) is 2. The maximum atomic E-state index is 13.3. The van der Waals surface area contributed by atoms with Gasteiger partial charge >= 0.3 is 12.1 Å². The van der Waals surface area contributed by atoms with Gasteiger partial charge < -0.3 is 10.8 Å². The molecule has 0 aliphatic rings. The zero-order valence-corrected chi connectivity index (χ0v) is 17.6. The van der Waals surface area contributed by atoms with E-state index in [0.29, 0.717) is 10.1 Å². The largest absolute Gasteiger partial charge is 0.476 e. The molecular weight excluding hydrogens is 421 g/mol. The molecule has 0 unspecified atom stereocenters. The van der Waals surface area contributed by atoms with Crippen LogP contribution in [-0.4, -0.2) is 25.7 Å². The zero-order valence-electron chi connectivity index (χ0n) is 17.6. The molecule has 9 heteroatoms. The number of rotatable bonds is 2. The Kier molecular flexibility index (Phi) is 6.20. The number of alkyl halides is 3. The number of nitrogens with two attached hydrogens (primary N) is 1. The molecule has 2 aromatic heterocycles. The van der Waals surface area contributed by atoms with Crippen molar-refractivity contribution in [2.24, 2.45) is 0 Å². The fourth-order valence-electron chi connectivity index (χ4n) is 2.92. The molecule has 0 atom stereocenters. The lowest BCUT2D eigenvalue weighted by Crippen LogP contribution is -2.14. The Bertz CT molecular complexity index is 1280. The minimum atomic E-state index is -4.69. The van der Waals surface area contributed by atoms with Crippen LogP contribution in [0.5, 0.6) is 0 Å². The molecule has 0 aliphatic heterocycles. The van der Waals surface area contributed by atoms with Crippen molar-refractivity contribution in [1.29, 1.82) is 0 Å². The van der Waals surface area contributed by atoms with E-state index in [4.69, 9.17) is 10.8 Å². The van der Waals surface area contributed by atoms with Gasteiger partial charge in [-0.25, -0.2) is 14.3 Å². The molecule has 4 rings (SSSR count). The number of benzene rings is 2. The number of aryl methyl sites for hydroxylation is 3. The highest BCUT2D eigenvalue weighted by atomic mass is 19.4. The van der Waals surface area contributed by atoms with Crippen LogP contribution in [0.2, 0.25) is 0 Å². The van der Waals surface area contributed by atoms with Gasteiger partial charge in [-0.3, -0.25) is 0 Å². The number of carboxylic acid groups (broad SMARTS) is 1. The van der Waals surface area contributed by atoms with Gasteiger partial charge in [0, 0.05) is 17.3 Å². The topological polar surface area (TPSA) is 93.5 Å². The van der Waals surface area contributed by atoms with Crippen molar-refractivity contribution < 1.29 is 23.1 Å². The average Bonchev–Trinajstić information content (AvgIpc) is 3.15. The molecule has 0 fully saturated rings. The van der Waals surface area contributed by atoms with Gasteiger partial charge in [-0.15, -0.1) is 0 Å². The van der Waals surface area contributed by atoms with Crippen molar-refractivity contribution in [3.63, 3.8) is 0 Å². The predicted molar refractivity (Wildman–Crippen MR) is 115 cm³/mol. The zero-order chi connectivity index (χ0) is 23.6. The molecule has 0 bridgehead atoms. The summed E-state index contributed by atoms with van der Waals surface area (Å²) in [5.74, 6) is -1.42. The van der Waals surface area contributed by atoms with E-state index in [-0.39, 0.29) is 11.3 Å². The summed E-state index contributed by atoms with van der Waals surface area (Å²) in [4.78, 5) is 15.0. The Morgan fingerprint density at radius 2 is 1.62 bits per heavy atom. The standard InChI is InChI=1S/C15H10F3N3O2.C8H11N/c1-8-2-4-9(5-3-8)10-6-12(15(16,17)18)21-13(19-10)7-11(20-21)14(22)23;1-6-3-4-8(9)5-7(6)2/h2-7H,1H3,(H,22,23);3-5H,9H2,1-2H3. The Balaban J connectivity index is 0.000000269. The van der Waals surface area contributed by atoms with Crippen LogP contribution in [0, 0.1) is 20.8 Å². The predicted octanol–water partition coefficient (Wildman–Crippen LogP) is 5.31. The normalized spacial score (nSPS) is 11.2. The molecule has 3 N–H and O–H groups in total. The second-order valence-corrected chi connectivity index (χ2v) is 7.34. The van der Waals surface area contributed by atoms with Crippen LogP contribution in [0.25, 0.3) is 16.9 Å². The lowest BCUT2D eigenvalue weighted by Gasteiger charge is -2.11. The highest BCUT2D eigenvalue weighted by Crippen LogP contribution is 2.32. The first-order chi connectivity index (χ1) is 15.0. The van der Waals surface area contributed by atoms with Crippen LogP contribution in [0.1, 0.15) is 32.9 Å². The number of aromatic nitrogens is 3. The molecule has 0 spiro atoms. The van der Waals surface area contributed by atoms with Gasteiger partial charge in [-0.2, -0.15) is 18.3 Å². The van der Waals surface area contributed by atoms with Crippen molar-refractivity contribution in [3.05, 3.63) is 82.7 Å². The second-order valence-electron chi connectivity index (χ2n) is 7.34. The third-order valence-electron chi connectivity index (χ3n) is 4.82. The van der Waals surface area contributed by atoms with Crippen molar-refractivity contribution in [2.75, 3.05) is 5.73 Å². The number of carboxylic acids is 1. The Morgan fingerprint density at radius 3 is 2.16 bits per heavy atom. The van der Waals surface area contributed by atoms with Crippen LogP contribution in [0.4, 0.5) is 18.9 Å². The van der Waals surface area contributed by atoms with Gasteiger partial charge in [-0.05, 0) is 50.1 Å². The van der Waals surface area contributed by atoms with Crippen LogP contribution in [-0.2, 0) is 6.18 Å². The Hall–Kier alpha value is -3.88. The third-order valence-corrected chi connectivity index (χ3v) is 4.82. The van der Waals surface area contributed by atoms with E-state index in [1.165, 1.54) is 11.1 Å². The monoisotopic (exact) mass is 442 g/mol. The molecule has 0 radical (unpaired) electrons. The average molecular weight is 442 g/mol. The third kappa shape index (κ3) is 5.05. The number of fused-ring (bicyclic) bond motifs is 1. The van der Waals surface area contributed by atoms with Gasteiger partial charge in [-0.1, -0.05) is 35.9 Å². The number of nitrogen functional groups attached to an aromatic ring is 1. The molecule has 0 saturated heterocycles. The van der Waals surface area contributed by atoms with Crippen molar-refractivity contribution in [1.82, 2.24) is 14.6 Å².